The summed E-state index contributed by atoms with van der Waals surface area (Å²) in [5.74, 6) is -0.580. The molecule has 324 valence electrons. The average Bonchev–Trinajstić information content (AvgIpc) is 3.90. The van der Waals surface area contributed by atoms with Gasteiger partial charge in [0.2, 0.25) is 5.91 Å². The van der Waals surface area contributed by atoms with E-state index in [1.165, 1.54) is 35.1 Å². The number of halogens is 3. The molecule has 3 aromatic heterocycles. The molecule has 0 radical (unpaired) electrons. The first-order valence-corrected chi connectivity index (χ1v) is 21.3. The molecule has 2 N–H and O–H groups in total. The van der Waals surface area contributed by atoms with Gasteiger partial charge in [-0.15, -0.1) is 0 Å². The van der Waals surface area contributed by atoms with Crippen LogP contribution in [0.4, 0.5) is 35.2 Å². The van der Waals surface area contributed by atoms with E-state index in [1.54, 1.807) is 10.9 Å². The lowest BCUT2D eigenvalue weighted by molar-refractivity contribution is -0.120. The maximum Gasteiger partial charge on any atom is 0.328 e. The summed E-state index contributed by atoms with van der Waals surface area (Å²) < 4.78 is 51.8. The van der Waals surface area contributed by atoms with Crippen molar-refractivity contribution in [2.24, 2.45) is 11.3 Å². The van der Waals surface area contributed by atoms with Crippen LogP contribution in [0, 0.1) is 17.2 Å². The molecule has 4 saturated heterocycles. The molecule has 5 amide bonds. The van der Waals surface area contributed by atoms with Crippen molar-refractivity contribution in [1.82, 2.24) is 39.5 Å². The highest BCUT2D eigenvalue weighted by atomic mass is 19.3. The fraction of sp³-hybridized carbons (Fsp3) is 0.548. The largest absolute Gasteiger partial charge is 0.378 e. The Morgan fingerprint density at radius 2 is 1.70 bits per heavy atom. The van der Waals surface area contributed by atoms with Gasteiger partial charge in [-0.2, -0.15) is 10.2 Å². The summed E-state index contributed by atoms with van der Waals surface area (Å²) in [5, 5.41) is 13.4. The number of carbonyl (C=O) groups excluding carboxylic acids is 4. The second kappa shape index (κ2) is 17.1. The summed E-state index contributed by atoms with van der Waals surface area (Å²) in [6.07, 6.45) is 9.53. The third kappa shape index (κ3) is 8.54. The number of alkyl halides is 2. The number of hydrogen-bond donors (Lipinski definition) is 2. The zero-order valence-electron chi connectivity index (χ0n) is 33.9. The summed E-state index contributed by atoms with van der Waals surface area (Å²) in [5.41, 5.74) is 0.511. The van der Waals surface area contributed by atoms with Crippen molar-refractivity contribution in [1.29, 1.82) is 0 Å². The molecule has 0 bridgehead atoms. The van der Waals surface area contributed by atoms with Crippen LogP contribution in [0.3, 0.4) is 0 Å². The third-order valence-electron chi connectivity index (χ3n) is 13.4. The number of likely N-dealkylation sites (tertiary alicyclic amines) is 2. The Labute approximate surface area is 350 Å². The maximum atomic E-state index is 14.7. The van der Waals surface area contributed by atoms with Crippen molar-refractivity contribution in [3.63, 3.8) is 0 Å². The number of fused-ring (bicyclic) bond motifs is 1. The van der Waals surface area contributed by atoms with Gasteiger partial charge in [-0.1, -0.05) is 0 Å². The Morgan fingerprint density at radius 3 is 2.43 bits per heavy atom. The first kappa shape index (κ1) is 40.8. The van der Waals surface area contributed by atoms with Crippen LogP contribution in [-0.4, -0.2) is 124 Å². The molecule has 1 spiro atoms. The molecule has 4 aromatic rings. The van der Waals surface area contributed by atoms with Gasteiger partial charge in [0.05, 0.1) is 36.8 Å². The van der Waals surface area contributed by atoms with Gasteiger partial charge in [0.15, 0.2) is 11.3 Å². The minimum atomic E-state index is -2.87. The smallest absolute Gasteiger partial charge is 0.328 e. The molecule has 5 aliphatic rings. The maximum absolute atomic E-state index is 14.7. The quantitative estimate of drug-likeness (QED) is 0.227. The topological polar surface area (TPSA) is 163 Å². The number of imide groups is 1. The zero-order valence-corrected chi connectivity index (χ0v) is 33.9. The molecular weight excluding hydrogens is 796 g/mol. The molecule has 4 aliphatic heterocycles. The van der Waals surface area contributed by atoms with E-state index < -0.39 is 35.8 Å². The monoisotopic (exact) mass is 845 g/mol. The molecule has 0 unspecified atom stereocenters. The molecule has 5 fully saturated rings. The number of carbonyl (C=O) groups is 4. The van der Waals surface area contributed by atoms with Crippen molar-refractivity contribution in [2.45, 2.75) is 70.3 Å². The number of rotatable bonds is 9. The fourth-order valence-corrected chi connectivity index (χ4v) is 9.75. The summed E-state index contributed by atoms with van der Waals surface area (Å²) in [6.45, 7) is 6.39. The van der Waals surface area contributed by atoms with Gasteiger partial charge in [-0.25, -0.2) is 27.5 Å². The number of aromatic nitrogens is 5. The van der Waals surface area contributed by atoms with Gasteiger partial charge in [0.25, 0.3) is 18.2 Å². The minimum absolute atomic E-state index is 0.0124. The zero-order chi connectivity index (χ0) is 42.3. The number of benzene rings is 1. The number of ether oxygens (including phenoxy) is 1. The number of nitrogens with one attached hydrogen (secondary N) is 2. The van der Waals surface area contributed by atoms with E-state index >= 15 is 0 Å². The summed E-state index contributed by atoms with van der Waals surface area (Å²) >= 11 is 0. The van der Waals surface area contributed by atoms with Crippen LogP contribution in [0.5, 0.6) is 0 Å². The summed E-state index contributed by atoms with van der Waals surface area (Å²) in [6, 6.07) is 5.10. The third-order valence-corrected chi connectivity index (χ3v) is 13.4. The lowest BCUT2D eigenvalue weighted by Crippen LogP contribution is -2.50. The summed E-state index contributed by atoms with van der Waals surface area (Å²) in [7, 11) is 0. The highest BCUT2D eigenvalue weighted by Gasteiger charge is 2.40. The molecule has 1 saturated carbocycles. The van der Waals surface area contributed by atoms with E-state index in [9.17, 15) is 32.3 Å². The Morgan fingerprint density at radius 1 is 0.951 bits per heavy atom. The van der Waals surface area contributed by atoms with Crippen LogP contribution < -0.4 is 20.4 Å². The van der Waals surface area contributed by atoms with Gasteiger partial charge in [0.1, 0.15) is 17.2 Å². The van der Waals surface area contributed by atoms with Crippen LogP contribution in [0.15, 0.2) is 42.9 Å². The Kier molecular flexibility index (Phi) is 11.4. The van der Waals surface area contributed by atoms with E-state index in [0.29, 0.717) is 62.3 Å². The predicted molar refractivity (Wildman–Crippen MR) is 217 cm³/mol. The molecule has 19 heteroatoms. The molecule has 1 aliphatic carbocycles. The van der Waals surface area contributed by atoms with E-state index in [4.69, 9.17) is 4.74 Å². The van der Waals surface area contributed by atoms with E-state index in [1.807, 2.05) is 11.0 Å². The Bertz CT molecular complexity index is 2290. The lowest BCUT2D eigenvalue weighted by Gasteiger charge is -2.47. The van der Waals surface area contributed by atoms with Crippen molar-refractivity contribution in [2.75, 3.05) is 80.7 Å². The van der Waals surface area contributed by atoms with Gasteiger partial charge in [-0.3, -0.25) is 29.3 Å². The number of nitrogens with zero attached hydrogens (tertiary/aromatic N) is 9. The van der Waals surface area contributed by atoms with E-state index in [-0.39, 0.29) is 47.3 Å². The Balaban J connectivity index is 0.749. The fourth-order valence-electron chi connectivity index (χ4n) is 9.75. The number of hydrogen-bond acceptors (Lipinski definition) is 10. The van der Waals surface area contributed by atoms with Crippen molar-refractivity contribution >= 4 is 46.6 Å². The van der Waals surface area contributed by atoms with Crippen LogP contribution in [0.25, 0.3) is 5.65 Å². The van der Waals surface area contributed by atoms with Crippen molar-refractivity contribution in [3.05, 3.63) is 65.5 Å². The van der Waals surface area contributed by atoms with Crippen molar-refractivity contribution < 1.29 is 37.1 Å². The lowest BCUT2D eigenvalue weighted by atomic mass is 9.65. The van der Waals surface area contributed by atoms with Gasteiger partial charge < -0.3 is 24.8 Å². The molecule has 61 heavy (non-hydrogen) atoms. The SMILES string of the molecule is O=C1CCN(c2cc(C(=O)N3CCC4(CCC(CN5CCC(n6cc(NC(=O)c7cnn8ccc(N9CCOCC9)nc78)c(C(F)F)n6)CC5)CC4)CC3)ccc2F)C(=O)N1. The number of urea groups is 1. The molecule has 1 aromatic carbocycles. The van der Waals surface area contributed by atoms with Crippen LogP contribution in [0.1, 0.15) is 96.7 Å². The van der Waals surface area contributed by atoms with E-state index in [0.717, 1.165) is 75.9 Å². The molecule has 0 atom stereocenters. The highest BCUT2D eigenvalue weighted by Crippen LogP contribution is 2.47. The minimum Gasteiger partial charge on any atom is -0.378 e. The first-order chi connectivity index (χ1) is 29.5. The second-order valence-corrected chi connectivity index (χ2v) is 17.1. The van der Waals surface area contributed by atoms with Crippen LogP contribution >= 0.6 is 0 Å². The van der Waals surface area contributed by atoms with E-state index in [2.05, 4.69) is 35.6 Å². The van der Waals surface area contributed by atoms with Crippen LogP contribution in [-0.2, 0) is 9.53 Å². The molecule has 7 heterocycles. The number of anilines is 3. The van der Waals surface area contributed by atoms with Crippen molar-refractivity contribution in [3.8, 4) is 0 Å². The molecular formula is C42H50F3N11O5. The predicted octanol–water partition coefficient (Wildman–Crippen LogP) is 5.29. The standard InChI is InChI=1S/C42H50F3N11O5/c43-31-2-1-28(23-33(31)54-15-8-35(57)49-41(54)60)40(59)53-17-11-42(12-18-53)9-3-27(4-10-42)25-51-13-5-29(6-14-51)56-26-32(36(50-56)37(44)45)47-39(58)30-24-46-55-16-7-34(48-38(30)55)52-19-21-61-22-20-52/h1-2,7,16,23-24,26-27,29,37H,3-6,8-15,17-22,25H2,(H,47,58)(H,49,57,60). The summed E-state index contributed by atoms with van der Waals surface area (Å²) in [4.78, 5) is 63.1. The van der Waals surface area contributed by atoms with Gasteiger partial charge >= 0.3 is 6.03 Å². The number of piperidine rings is 2. The Hall–Kier alpha value is -5.56. The first-order valence-electron chi connectivity index (χ1n) is 21.3. The normalized spacial score (nSPS) is 20.8. The molecule has 16 nitrogen and oxygen atoms in total. The highest BCUT2D eigenvalue weighted by molar-refractivity contribution is 6.08. The second-order valence-electron chi connectivity index (χ2n) is 17.1. The number of amides is 5. The van der Waals surface area contributed by atoms with Gasteiger partial charge in [0, 0.05) is 76.7 Å². The molecule has 9 rings (SSSR count). The van der Waals surface area contributed by atoms with Crippen LogP contribution in [0.2, 0.25) is 0 Å². The number of morpholine rings is 1. The van der Waals surface area contributed by atoms with Gasteiger partial charge in [-0.05, 0) is 87.0 Å². The average molecular weight is 846 g/mol.